The predicted octanol–water partition coefficient (Wildman–Crippen LogP) is 14.9. The largest absolute Gasteiger partial charge is 0.392 e. The van der Waals surface area contributed by atoms with Crippen molar-refractivity contribution in [2.45, 2.75) is 185 Å². The lowest BCUT2D eigenvalue weighted by molar-refractivity contribution is -0.117. The Hall–Kier alpha value is -3.60. The smallest absolute Gasteiger partial charge is 0.188 e. The molecule has 0 saturated carbocycles. The Kier molecular flexibility index (Phi) is 27.5. The molecule has 1 aliphatic carbocycles. The van der Waals surface area contributed by atoms with E-state index in [0.717, 1.165) is 95.5 Å². The number of hydrogen-bond acceptors (Lipinski definition) is 4. The third kappa shape index (κ3) is 23.1. The normalized spacial score (nSPS) is 16.0. The van der Waals surface area contributed by atoms with E-state index in [4.69, 9.17) is 0 Å². The molecular weight excluding hydrogens is 713 g/mol. The molecule has 1 aliphatic rings. The van der Waals surface area contributed by atoms with Gasteiger partial charge < -0.3 is 10.2 Å². The summed E-state index contributed by atoms with van der Waals surface area (Å²) in [6.07, 6.45) is 39.2. The number of aliphatic hydroxyl groups is 2. The van der Waals surface area contributed by atoms with Gasteiger partial charge in [0, 0.05) is 22.3 Å². The summed E-state index contributed by atoms with van der Waals surface area (Å²) in [6.45, 7) is 22.8. The number of allylic oxidation sites excluding steroid dienone is 20. The summed E-state index contributed by atoms with van der Waals surface area (Å²) in [7, 11) is 0. The first kappa shape index (κ1) is 52.4. The highest BCUT2D eigenvalue weighted by atomic mass is 16.3. The standard InChI is InChI=1S/C54H82O4/c1-40(2)20-12-21-41(3)22-13-23-42(4)24-14-25-43(5)26-15-27-44(6)28-16-29-45(7)30-17-31-46(8)32-18-33-47(9)34-19-35-48(10)36-37-50-49(11)53(57)51(38-55)52(39-56)54(50)58/h20,22,24,26,28,30,32,34,36,55-56H,12-19,21,23,25,27,29,31,33,35,37-39H2,1-11H3/b41-22+,42-24+,43-26+,44-28+,45-30+,46-32+,47-34+,48-36+. The number of hydrogen-bond donors (Lipinski definition) is 2. The number of rotatable bonds is 28. The van der Waals surface area contributed by atoms with E-state index in [2.05, 4.69) is 118 Å². The molecule has 0 aliphatic heterocycles. The van der Waals surface area contributed by atoms with Crippen LogP contribution < -0.4 is 0 Å². The monoisotopic (exact) mass is 795 g/mol. The van der Waals surface area contributed by atoms with Crippen LogP contribution in [-0.2, 0) is 9.59 Å². The first-order chi connectivity index (χ1) is 27.6. The van der Waals surface area contributed by atoms with E-state index >= 15 is 0 Å². The highest BCUT2D eigenvalue weighted by Crippen LogP contribution is 2.27. The Balaban J connectivity index is 2.32. The first-order valence-electron chi connectivity index (χ1n) is 22.2. The van der Waals surface area contributed by atoms with Crippen LogP contribution in [0.2, 0.25) is 0 Å². The van der Waals surface area contributed by atoms with Gasteiger partial charge in [-0.1, -0.05) is 105 Å². The molecule has 0 aromatic carbocycles. The van der Waals surface area contributed by atoms with Gasteiger partial charge in [0.05, 0.1) is 13.2 Å². The van der Waals surface area contributed by atoms with Crippen LogP contribution in [0.4, 0.5) is 0 Å². The summed E-state index contributed by atoms with van der Waals surface area (Å²) in [5.74, 6) is -0.678. The summed E-state index contributed by atoms with van der Waals surface area (Å²) in [5.41, 5.74) is 13.8. The molecule has 2 N–H and O–H groups in total. The maximum atomic E-state index is 12.8. The maximum Gasteiger partial charge on any atom is 0.188 e. The minimum absolute atomic E-state index is 0.0157. The lowest BCUT2D eigenvalue weighted by Gasteiger charge is -2.20. The van der Waals surface area contributed by atoms with Gasteiger partial charge in [-0.2, -0.15) is 0 Å². The third-order valence-corrected chi connectivity index (χ3v) is 11.3. The first-order valence-corrected chi connectivity index (χ1v) is 22.2. The second kappa shape index (κ2) is 30.4. The topological polar surface area (TPSA) is 74.6 Å². The number of Topliss-reactive ketones (excluding diaryl/α,β-unsaturated/α-hetero) is 2. The number of carbonyl (C=O) groups is 2. The molecule has 0 spiro atoms. The Morgan fingerprint density at radius 1 is 0.362 bits per heavy atom. The van der Waals surface area contributed by atoms with Crippen LogP contribution in [0.3, 0.4) is 0 Å². The average Bonchev–Trinajstić information content (AvgIpc) is 3.16. The van der Waals surface area contributed by atoms with Crippen molar-refractivity contribution in [3.05, 3.63) is 127 Å². The maximum absolute atomic E-state index is 12.8. The summed E-state index contributed by atoms with van der Waals surface area (Å²) >= 11 is 0. The van der Waals surface area contributed by atoms with Crippen molar-refractivity contribution in [1.82, 2.24) is 0 Å². The summed E-state index contributed by atoms with van der Waals surface area (Å²) in [5, 5.41) is 19.1. The van der Waals surface area contributed by atoms with Crippen molar-refractivity contribution in [2.24, 2.45) is 0 Å². The molecule has 0 atom stereocenters. The van der Waals surface area contributed by atoms with Crippen LogP contribution in [0.15, 0.2) is 127 Å². The highest BCUT2D eigenvalue weighted by molar-refractivity contribution is 6.25. The molecule has 0 bridgehead atoms. The molecule has 322 valence electrons. The highest BCUT2D eigenvalue weighted by Gasteiger charge is 2.30. The van der Waals surface area contributed by atoms with Crippen molar-refractivity contribution >= 4 is 11.6 Å². The quantitative estimate of drug-likeness (QED) is 0.0611. The van der Waals surface area contributed by atoms with Crippen molar-refractivity contribution < 1.29 is 19.8 Å². The van der Waals surface area contributed by atoms with Crippen LogP contribution in [0.5, 0.6) is 0 Å². The Labute approximate surface area is 355 Å². The second-order valence-corrected chi connectivity index (χ2v) is 17.2. The molecule has 4 heteroatoms. The lowest BCUT2D eigenvalue weighted by atomic mass is 9.83. The fraction of sp³-hybridized carbons (Fsp3) is 0.556. The zero-order valence-electron chi connectivity index (χ0n) is 38.8. The summed E-state index contributed by atoms with van der Waals surface area (Å²) in [6, 6.07) is 0. The van der Waals surface area contributed by atoms with Crippen LogP contribution >= 0.6 is 0 Å². The SMILES string of the molecule is CC(C)=CCC/C(C)=C/CC/C(C)=C/CC/C(C)=C/CC/C(C)=C/CC/C(C)=C/CC/C(C)=C/CC/C(C)=C/CC/C(C)=C/CC1=C(C)C(=O)C(CO)=C(CO)C1=O. The average molecular weight is 795 g/mol. The van der Waals surface area contributed by atoms with Gasteiger partial charge in [-0.05, 0) is 185 Å². The van der Waals surface area contributed by atoms with Gasteiger partial charge in [-0.3, -0.25) is 9.59 Å². The summed E-state index contributed by atoms with van der Waals surface area (Å²) in [4.78, 5) is 25.4. The fourth-order valence-electron chi connectivity index (χ4n) is 7.08. The van der Waals surface area contributed by atoms with Crippen molar-refractivity contribution in [3.63, 3.8) is 0 Å². The fourth-order valence-corrected chi connectivity index (χ4v) is 7.08. The lowest BCUT2D eigenvalue weighted by Crippen LogP contribution is -2.26. The molecule has 0 amide bonds. The predicted molar refractivity (Wildman–Crippen MR) is 252 cm³/mol. The molecule has 0 aromatic heterocycles. The molecule has 4 nitrogen and oxygen atoms in total. The van der Waals surface area contributed by atoms with Crippen LogP contribution in [0.25, 0.3) is 0 Å². The van der Waals surface area contributed by atoms with Crippen molar-refractivity contribution in [3.8, 4) is 0 Å². The number of carbonyl (C=O) groups excluding carboxylic acids is 2. The minimum Gasteiger partial charge on any atom is -0.392 e. The van der Waals surface area contributed by atoms with Crippen molar-refractivity contribution in [2.75, 3.05) is 13.2 Å². The Morgan fingerprint density at radius 2 is 0.603 bits per heavy atom. The summed E-state index contributed by atoms with van der Waals surface area (Å²) < 4.78 is 0. The molecule has 58 heavy (non-hydrogen) atoms. The van der Waals surface area contributed by atoms with Gasteiger partial charge >= 0.3 is 0 Å². The van der Waals surface area contributed by atoms with Crippen molar-refractivity contribution in [1.29, 1.82) is 0 Å². The van der Waals surface area contributed by atoms with E-state index in [9.17, 15) is 19.8 Å². The molecule has 0 heterocycles. The van der Waals surface area contributed by atoms with Crippen LogP contribution in [0.1, 0.15) is 185 Å². The van der Waals surface area contributed by atoms with Gasteiger partial charge in [0.25, 0.3) is 0 Å². The van der Waals surface area contributed by atoms with E-state index in [-0.39, 0.29) is 22.7 Å². The Morgan fingerprint density at radius 3 is 0.862 bits per heavy atom. The zero-order chi connectivity index (χ0) is 43.5. The number of aliphatic hydroxyl groups excluding tert-OH is 2. The third-order valence-electron chi connectivity index (χ3n) is 11.3. The van der Waals surface area contributed by atoms with E-state index in [1.165, 1.54) is 57.4 Å². The van der Waals surface area contributed by atoms with Gasteiger partial charge in [0.2, 0.25) is 0 Å². The molecule has 1 rings (SSSR count). The molecule has 0 radical (unpaired) electrons. The molecule has 0 saturated heterocycles. The molecule has 0 fully saturated rings. The minimum atomic E-state index is -0.539. The number of ketones is 2. The van der Waals surface area contributed by atoms with Gasteiger partial charge in [-0.25, -0.2) is 0 Å². The van der Waals surface area contributed by atoms with Gasteiger partial charge in [0.15, 0.2) is 11.6 Å². The zero-order valence-corrected chi connectivity index (χ0v) is 38.8. The Bertz CT molecular complexity index is 1680. The molecule has 0 aromatic rings. The molecular formula is C54H82O4. The molecule has 0 unspecified atom stereocenters. The van der Waals surface area contributed by atoms with Gasteiger partial charge in [0.1, 0.15) is 0 Å². The van der Waals surface area contributed by atoms with Crippen LogP contribution in [0, 0.1) is 0 Å². The van der Waals surface area contributed by atoms with E-state index < -0.39 is 13.2 Å². The van der Waals surface area contributed by atoms with E-state index in [1.807, 2.05) is 6.08 Å². The second-order valence-electron chi connectivity index (χ2n) is 17.2. The van der Waals surface area contributed by atoms with Gasteiger partial charge in [-0.15, -0.1) is 0 Å². The van der Waals surface area contributed by atoms with E-state index in [1.54, 1.807) is 6.92 Å². The van der Waals surface area contributed by atoms with Crippen LogP contribution in [-0.4, -0.2) is 35.0 Å². The van der Waals surface area contributed by atoms with E-state index in [0.29, 0.717) is 17.6 Å².